The minimum atomic E-state index is -0.904. The van der Waals surface area contributed by atoms with Gasteiger partial charge in [0, 0.05) is 31.3 Å². The zero-order chi connectivity index (χ0) is 25.0. The van der Waals surface area contributed by atoms with E-state index in [-0.39, 0.29) is 48.1 Å². The summed E-state index contributed by atoms with van der Waals surface area (Å²) in [4.78, 5) is 19.2. The van der Waals surface area contributed by atoms with Crippen LogP contribution in [0.2, 0.25) is 0 Å². The predicted octanol–water partition coefficient (Wildman–Crippen LogP) is 1.14. The molecule has 0 spiro atoms. The van der Waals surface area contributed by atoms with Crippen molar-refractivity contribution < 1.29 is 24.1 Å². The van der Waals surface area contributed by atoms with Crippen molar-refractivity contribution in [1.29, 1.82) is 5.26 Å². The standard InChI is InChI=1S/C25H23FN6O4/c26-17-3-1-2-14(8-27)22(17)18-6-20(23-19(29-18)9-28-24(23)35)32-5-4-21(30-32)31-10-15-7-25(15,13-31)36-12-16(34)11-33/h1-6,15-16,33-34H,7,9-13H2,(H,28,35)/t15?,16-,25-/m1/s1. The van der Waals surface area contributed by atoms with Gasteiger partial charge in [0.05, 0.1) is 65.2 Å². The van der Waals surface area contributed by atoms with Crippen molar-refractivity contribution >= 4 is 11.7 Å². The highest BCUT2D eigenvalue weighted by Crippen LogP contribution is 2.53. The molecule has 2 fully saturated rings. The van der Waals surface area contributed by atoms with Crippen molar-refractivity contribution in [2.45, 2.75) is 24.7 Å². The Morgan fingerprint density at radius 2 is 2.22 bits per heavy atom. The van der Waals surface area contributed by atoms with Crippen LogP contribution in [-0.2, 0) is 11.3 Å². The molecule has 3 aromatic rings. The third kappa shape index (κ3) is 3.62. The van der Waals surface area contributed by atoms with Crippen LogP contribution in [0.1, 0.15) is 28.0 Å². The molecule has 11 heteroatoms. The lowest BCUT2D eigenvalue weighted by Crippen LogP contribution is -2.32. The lowest BCUT2D eigenvalue weighted by Gasteiger charge is -2.21. The van der Waals surface area contributed by atoms with Gasteiger partial charge in [-0.3, -0.25) is 4.79 Å². The van der Waals surface area contributed by atoms with Crippen molar-refractivity contribution in [3.63, 3.8) is 0 Å². The average Bonchev–Trinajstić information content (AvgIpc) is 3.27. The molecule has 184 valence electrons. The Morgan fingerprint density at radius 3 is 3.03 bits per heavy atom. The van der Waals surface area contributed by atoms with Gasteiger partial charge >= 0.3 is 0 Å². The maximum Gasteiger partial charge on any atom is 0.255 e. The highest BCUT2D eigenvalue weighted by molar-refractivity contribution is 6.01. The number of hydrogen-bond donors (Lipinski definition) is 3. The topological polar surface area (TPSA) is 137 Å². The van der Waals surface area contributed by atoms with Crippen LogP contribution in [-0.4, -0.2) is 68.9 Å². The van der Waals surface area contributed by atoms with E-state index < -0.39 is 11.9 Å². The summed E-state index contributed by atoms with van der Waals surface area (Å²) in [7, 11) is 0. The number of anilines is 1. The third-order valence-electron chi connectivity index (χ3n) is 7.10. The first-order valence-electron chi connectivity index (χ1n) is 11.7. The third-order valence-corrected chi connectivity index (χ3v) is 7.10. The van der Waals surface area contributed by atoms with Gasteiger partial charge in [-0.05, 0) is 24.6 Å². The molecule has 36 heavy (non-hydrogen) atoms. The molecule has 0 radical (unpaired) electrons. The normalized spacial score (nSPS) is 22.7. The summed E-state index contributed by atoms with van der Waals surface area (Å²) in [6.45, 7) is 1.29. The second-order valence-electron chi connectivity index (χ2n) is 9.42. The fourth-order valence-corrected chi connectivity index (χ4v) is 5.16. The summed E-state index contributed by atoms with van der Waals surface area (Å²) < 4.78 is 22.3. The number of hydrogen-bond acceptors (Lipinski definition) is 8. The second kappa shape index (κ2) is 8.37. The molecule has 3 N–H and O–H groups in total. The Kier molecular flexibility index (Phi) is 5.26. The summed E-state index contributed by atoms with van der Waals surface area (Å²) in [6, 6.07) is 9.71. The van der Waals surface area contributed by atoms with E-state index in [2.05, 4.69) is 15.2 Å². The Bertz CT molecular complexity index is 1420. The van der Waals surface area contributed by atoms with Gasteiger partial charge in [-0.2, -0.15) is 10.4 Å². The van der Waals surface area contributed by atoms with Crippen LogP contribution in [0.3, 0.4) is 0 Å². The molecule has 3 aliphatic rings. The van der Waals surface area contributed by atoms with E-state index in [0.717, 1.165) is 13.0 Å². The molecule has 6 rings (SSSR count). The minimum Gasteiger partial charge on any atom is -0.394 e. The molecule has 1 saturated heterocycles. The number of carbonyl (C=O) groups excluding carboxylic acids is 1. The molecule has 3 atom stereocenters. The van der Waals surface area contributed by atoms with Gasteiger partial charge in [0.1, 0.15) is 11.9 Å². The smallest absolute Gasteiger partial charge is 0.255 e. The zero-order valence-electron chi connectivity index (χ0n) is 19.2. The Balaban J connectivity index is 1.33. The van der Waals surface area contributed by atoms with Gasteiger partial charge < -0.3 is 25.2 Å². The van der Waals surface area contributed by atoms with E-state index in [0.29, 0.717) is 35.2 Å². The van der Waals surface area contributed by atoms with E-state index in [1.165, 1.54) is 18.2 Å². The molecule has 1 unspecified atom stereocenters. The van der Waals surface area contributed by atoms with Crippen molar-refractivity contribution in [2.75, 3.05) is 31.2 Å². The van der Waals surface area contributed by atoms with Crippen molar-refractivity contribution in [2.24, 2.45) is 5.92 Å². The van der Waals surface area contributed by atoms with E-state index in [4.69, 9.17) is 14.9 Å². The quantitative estimate of drug-likeness (QED) is 0.449. The maximum absolute atomic E-state index is 14.8. The van der Waals surface area contributed by atoms with Gasteiger partial charge in [0.2, 0.25) is 0 Å². The minimum absolute atomic E-state index is 0.0804. The number of aliphatic hydroxyl groups is 2. The van der Waals surface area contributed by atoms with Gasteiger partial charge in [0.25, 0.3) is 5.91 Å². The number of piperidine rings is 1. The van der Waals surface area contributed by atoms with Crippen LogP contribution >= 0.6 is 0 Å². The lowest BCUT2D eigenvalue weighted by molar-refractivity contribution is -0.0375. The van der Waals surface area contributed by atoms with Crippen LogP contribution < -0.4 is 10.2 Å². The van der Waals surface area contributed by atoms with E-state index >= 15 is 0 Å². The number of aromatic nitrogens is 3. The highest BCUT2D eigenvalue weighted by Gasteiger charge is 2.61. The molecule has 0 bridgehead atoms. The Labute approximate surface area is 205 Å². The van der Waals surface area contributed by atoms with Crippen LogP contribution in [0.15, 0.2) is 36.5 Å². The first-order chi connectivity index (χ1) is 17.4. The number of amides is 1. The molecular weight excluding hydrogens is 467 g/mol. The van der Waals surface area contributed by atoms with E-state index in [9.17, 15) is 19.6 Å². The summed E-state index contributed by atoms with van der Waals surface area (Å²) >= 11 is 0. The summed E-state index contributed by atoms with van der Waals surface area (Å²) in [5.74, 6) is 0.157. The number of nitrogens with zero attached hydrogens (tertiary/aromatic N) is 5. The second-order valence-corrected chi connectivity index (χ2v) is 9.42. The molecule has 1 aliphatic carbocycles. The first-order valence-corrected chi connectivity index (χ1v) is 11.7. The molecule has 10 nitrogen and oxygen atoms in total. The number of fused-ring (bicyclic) bond motifs is 2. The molecule has 4 heterocycles. The SMILES string of the molecule is N#Cc1cccc(F)c1-c1cc(-n2ccc(N3CC4C[C@@]4(OC[C@H](O)CO)C3)n2)c2c(n1)CNC2=O. The van der Waals surface area contributed by atoms with Crippen LogP contribution in [0.25, 0.3) is 16.9 Å². The molecule has 1 aromatic carbocycles. The number of pyridine rings is 1. The number of nitrogens with one attached hydrogen (secondary N) is 1. The van der Waals surface area contributed by atoms with Gasteiger partial charge in [-0.1, -0.05) is 6.07 Å². The van der Waals surface area contributed by atoms with Gasteiger partial charge in [0.15, 0.2) is 5.82 Å². The van der Waals surface area contributed by atoms with Crippen molar-refractivity contribution in [1.82, 2.24) is 20.1 Å². The van der Waals surface area contributed by atoms with Crippen LogP contribution in [0.4, 0.5) is 10.2 Å². The van der Waals surface area contributed by atoms with E-state index in [1.807, 2.05) is 12.1 Å². The molecular formula is C25H23FN6O4. The Hall–Kier alpha value is -3.85. The van der Waals surface area contributed by atoms with Crippen molar-refractivity contribution in [3.8, 4) is 23.0 Å². The fraction of sp³-hybridized carbons (Fsp3) is 0.360. The monoisotopic (exact) mass is 490 g/mol. The molecule has 1 amide bonds. The number of nitriles is 1. The largest absolute Gasteiger partial charge is 0.394 e. The maximum atomic E-state index is 14.8. The number of carbonyl (C=O) groups is 1. The fourth-order valence-electron chi connectivity index (χ4n) is 5.16. The van der Waals surface area contributed by atoms with Crippen LogP contribution in [0.5, 0.6) is 0 Å². The highest BCUT2D eigenvalue weighted by atomic mass is 19.1. The van der Waals surface area contributed by atoms with Gasteiger partial charge in [-0.15, -0.1) is 0 Å². The number of halogens is 1. The predicted molar refractivity (Wildman–Crippen MR) is 125 cm³/mol. The Morgan fingerprint density at radius 1 is 1.36 bits per heavy atom. The zero-order valence-corrected chi connectivity index (χ0v) is 19.2. The number of rotatable bonds is 7. The molecule has 2 aromatic heterocycles. The lowest BCUT2D eigenvalue weighted by atomic mass is 10.0. The first kappa shape index (κ1) is 22.6. The molecule has 2 aliphatic heterocycles. The van der Waals surface area contributed by atoms with Crippen molar-refractivity contribution in [3.05, 3.63) is 59.2 Å². The van der Waals surface area contributed by atoms with Crippen LogP contribution in [0, 0.1) is 23.1 Å². The number of ether oxygens (including phenoxy) is 1. The summed E-state index contributed by atoms with van der Waals surface area (Å²) in [5, 5.41) is 35.6. The summed E-state index contributed by atoms with van der Waals surface area (Å²) in [5.41, 5.74) is 1.43. The summed E-state index contributed by atoms with van der Waals surface area (Å²) in [6.07, 6.45) is 1.73. The average molecular weight is 490 g/mol. The van der Waals surface area contributed by atoms with E-state index in [1.54, 1.807) is 16.9 Å². The number of benzene rings is 1. The molecule has 1 saturated carbocycles. The van der Waals surface area contributed by atoms with Gasteiger partial charge in [-0.25, -0.2) is 14.1 Å². The number of aliphatic hydroxyl groups excluding tert-OH is 2.